The Bertz CT molecular complexity index is 338. The molecule has 6 heteroatoms. The first-order valence-corrected chi connectivity index (χ1v) is 10.3. The maximum Gasteiger partial charge on any atom is 0.407 e. The first-order chi connectivity index (χ1) is 11.4. The van der Waals surface area contributed by atoms with E-state index in [2.05, 4.69) is 32.3 Å². The van der Waals surface area contributed by atoms with E-state index >= 15 is 0 Å². The van der Waals surface area contributed by atoms with Gasteiger partial charge in [0, 0.05) is 17.9 Å². The highest BCUT2D eigenvalue weighted by molar-refractivity contribution is 7.99. The van der Waals surface area contributed by atoms with Gasteiger partial charge in [-0.15, -0.1) is 0 Å². The standard InChI is InChI=1S/C18H35NO4S/c1-18(2,3)9-10-21-11-12-22-13-14-23-17(20)19-15-5-7-16(24-4)8-6-15/h15-16H,5-14H2,1-4H3,(H,19,20). The smallest absolute Gasteiger partial charge is 0.407 e. The molecule has 0 aromatic heterocycles. The molecule has 1 rings (SSSR count). The summed E-state index contributed by atoms with van der Waals surface area (Å²) in [5.74, 6) is 0. The minimum absolute atomic E-state index is 0.262. The van der Waals surface area contributed by atoms with E-state index in [-0.39, 0.29) is 18.7 Å². The molecule has 24 heavy (non-hydrogen) atoms. The van der Waals surface area contributed by atoms with Crippen LogP contribution >= 0.6 is 11.8 Å². The van der Waals surface area contributed by atoms with Gasteiger partial charge in [0.25, 0.3) is 0 Å². The number of amides is 1. The topological polar surface area (TPSA) is 56.8 Å². The summed E-state index contributed by atoms with van der Waals surface area (Å²) < 4.78 is 16.1. The Kier molecular flexibility index (Phi) is 10.8. The van der Waals surface area contributed by atoms with Crippen LogP contribution in [0.2, 0.25) is 0 Å². The second-order valence-electron chi connectivity index (χ2n) is 7.52. The lowest BCUT2D eigenvalue weighted by molar-refractivity contribution is 0.0220. The van der Waals surface area contributed by atoms with Crippen LogP contribution in [-0.2, 0) is 14.2 Å². The van der Waals surface area contributed by atoms with Gasteiger partial charge in [-0.1, -0.05) is 20.8 Å². The first-order valence-electron chi connectivity index (χ1n) is 9.02. The lowest BCUT2D eigenvalue weighted by Gasteiger charge is -2.27. The molecular formula is C18H35NO4S. The van der Waals surface area contributed by atoms with Gasteiger partial charge in [0.1, 0.15) is 6.61 Å². The summed E-state index contributed by atoms with van der Waals surface area (Å²) in [6.07, 6.45) is 7.30. The van der Waals surface area contributed by atoms with Gasteiger partial charge in [-0.05, 0) is 43.8 Å². The number of thioether (sulfide) groups is 1. The number of carbonyl (C=O) groups is 1. The molecule has 0 unspecified atom stereocenters. The zero-order valence-corrected chi connectivity index (χ0v) is 16.6. The van der Waals surface area contributed by atoms with Crippen molar-refractivity contribution in [1.29, 1.82) is 0 Å². The van der Waals surface area contributed by atoms with E-state index in [0.29, 0.717) is 25.2 Å². The Balaban J connectivity index is 1.89. The second-order valence-corrected chi connectivity index (χ2v) is 8.66. The van der Waals surface area contributed by atoms with Gasteiger partial charge in [-0.3, -0.25) is 0 Å². The molecule has 0 saturated heterocycles. The fourth-order valence-corrected chi connectivity index (χ4v) is 3.29. The van der Waals surface area contributed by atoms with Gasteiger partial charge in [-0.2, -0.15) is 11.8 Å². The molecule has 0 bridgehead atoms. The van der Waals surface area contributed by atoms with Gasteiger partial charge in [0.2, 0.25) is 0 Å². The first kappa shape index (κ1) is 21.6. The van der Waals surface area contributed by atoms with Gasteiger partial charge in [-0.25, -0.2) is 4.79 Å². The molecule has 0 aromatic rings. The van der Waals surface area contributed by atoms with Crippen molar-refractivity contribution in [3.63, 3.8) is 0 Å². The summed E-state index contributed by atoms with van der Waals surface area (Å²) in [6, 6.07) is 0.262. The number of alkyl carbamates (subject to hydrolysis) is 1. The van der Waals surface area contributed by atoms with Gasteiger partial charge >= 0.3 is 6.09 Å². The number of ether oxygens (including phenoxy) is 3. The van der Waals surface area contributed by atoms with E-state index in [1.807, 2.05) is 11.8 Å². The molecule has 0 heterocycles. The zero-order chi connectivity index (χ0) is 17.8. The molecule has 1 saturated carbocycles. The van der Waals surface area contributed by atoms with Crippen LogP contribution in [0.25, 0.3) is 0 Å². The van der Waals surface area contributed by atoms with E-state index in [1.165, 1.54) is 12.8 Å². The monoisotopic (exact) mass is 361 g/mol. The Hall–Kier alpha value is -0.460. The lowest BCUT2D eigenvalue weighted by atomic mass is 9.93. The number of hydrogen-bond donors (Lipinski definition) is 1. The van der Waals surface area contributed by atoms with Crippen LogP contribution in [0.5, 0.6) is 0 Å². The molecule has 0 atom stereocenters. The van der Waals surface area contributed by atoms with Crippen molar-refractivity contribution in [2.24, 2.45) is 5.41 Å². The van der Waals surface area contributed by atoms with E-state index < -0.39 is 0 Å². The summed E-state index contributed by atoms with van der Waals surface area (Å²) in [5.41, 5.74) is 0.302. The highest BCUT2D eigenvalue weighted by Gasteiger charge is 2.22. The third kappa shape index (κ3) is 11.2. The van der Waals surface area contributed by atoms with E-state index in [9.17, 15) is 4.79 Å². The van der Waals surface area contributed by atoms with Crippen molar-refractivity contribution in [3.8, 4) is 0 Å². The average Bonchev–Trinajstić information content (AvgIpc) is 2.53. The number of carbonyl (C=O) groups excluding carboxylic acids is 1. The summed E-state index contributed by atoms with van der Waals surface area (Å²) in [6.45, 7) is 9.17. The van der Waals surface area contributed by atoms with Gasteiger partial charge in [0.05, 0.1) is 19.8 Å². The molecule has 1 aliphatic rings. The summed E-state index contributed by atoms with van der Waals surface area (Å²) in [7, 11) is 0. The molecule has 142 valence electrons. The number of hydrogen-bond acceptors (Lipinski definition) is 5. The molecule has 5 nitrogen and oxygen atoms in total. The fourth-order valence-electron chi connectivity index (χ4n) is 2.54. The van der Waals surface area contributed by atoms with Crippen LogP contribution < -0.4 is 5.32 Å². The van der Waals surface area contributed by atoms with Crippen molar-refractivity contribution < 1.29 is 19.0 Å². The largest absolute Gasteiger partial charge is 0.447 e. The van der Waals surface area contributed by atoms with Crippen LogP contribution in [0.15, 0.2) is 0 Å². The number of nitrogens with one attached hydrogen (secondary N) is 1. The maximum absolute atomic E-state index is 11.7. The minimum atomic E-state index is -0.326. The van der Waals surface area contributed by atoms with Crippen molar-refractivity contribution in [2.45, 2.75) is 64.2 Å². The normalized spacial score (nSPS) is 21.5. The maximum atomic E-state index is 11.7. The summed E-state index contributed by atoms with van der Waals surface area (Å²) in [5, 5.41) is 3.69. The third-order valence-corrected chi connectivity index (χ3v) is 5.30. The molecule has 1 N–H and O–H groups in total. The molecular weight excluding hydrogens is 326 g/mol. The van der Waals surface area contributed by atoms with Crippen LogP contribution in [0, 0.1) is 5.41 Å². The Morgan fingerprint density at radius 3 is 2.17 bits per heavy atom. The second kappa shape index (κ2) is 12.0. The van der Waals surface area contributed by atoms with Crippen LogP contribution in [-0.4, -0.2) is 56.7 Å². The van der Waals surface area contributed by atoms with E-state index in [4.69, 9.17) is 14.2 Å². The zero-order valence-electron chi connectivity index (χ0n) is 15.8. The molecule has 0 aromatic carbocycles. The van der Waals surface area contributed by atoms with Crippen LogP contribution in [0.1, 0.15) is 52.9 Å². The molecule has 1 aliphatic carbocycles. The van der Waals surface area contributed by atoms with Crippen LogP contribution in [0.4, 0.5) is 4.79 Å². The molecule has 1 fully saturated rings. The molecule has 0 spiro atoms. The third-order valence-electron chi connectivity index (χ3n) is 4.16. The summed E-state index contributed by atoms with van der Waals surface area (Å²) >= 11 is 1.92. The Morgan fingerprint density at radius 1 is 1.00 bits per heavy atom. The Morgan fingerprint density at radius 2 is 1.58 bits per heavy atom. The van der Waals surface area contributed by atoms with Crippen molar-refractivity contribution in [3.05, 3.63) is 0 Å². The SMILES string of the molecule is CSC1CCC(NC(=O)OCCOCCOCCC(C)(C)C)CC1. The summed E-state index contributed by atoms with van der Waals surface area (Å²) in [4.78, 5) is 11.7. The lowest BCUT2D eigenvalue weighted by Crippen LogP contribution is -2.38. The highest BCUT2D eigenvalue weighted by atomic mass is 32.2. The van der Waals surface area contributed by atoms with Gasteiger partial charge in [0.15, 0.2) is 0 Å². The van der Waals surface area contributed by atoms with E-state index in [1.54, 1.807) is 0 Å². The molecule has 1 amide bonds. The van der Waals surface area contributed by atoms with Crippen LogP contribution in [0.3, 0.4) is 0 Å². The Labute approximate surface area is 151 Å². The average molecular weight is 362 g/mol. The predicted molar refractivity (Wildman–Crippen MR) is 99.8 cm³/mol. The quantitative estimate of drug-likeness (QED) is 0.599. The van der Waals surface area contributed by atoms with Crippen molar-refractivity contribution in [1.82, 2.24) is 5.32 Å². The molecule has 0 radical (unpaired) electrons. The van der Waals surface area contributed by atoms with Crippen molar-refractivity contribution in [2.75, 3.05) is 39.3 Å². The van der Waals surface area contributed by atoms with E-state index in [0.717, 1.165) is 31.1 Å². The highest BCUT2D eigenvalue weighted by Crippen LogP contribution is 2.26. The van der Waals surface area contributed by atoms with Gasteiger partial charge < -0.3 is 19.5 Å². The minimum Gasteiger partial charge on any atom is -0.447 e. The number of rotatable bonds is 10. The van der Waals surface area contributed by atoms with Crippen molar-refractivity contribution >= 4 is 17.9 Å². The predicted octanol–water partition coefficient (Wildman–Crippen LogP) is 3.86. The fraction of sp³-hybridized carbons (Fsp3) is 0.944. The molecule has 0 aliphatic heterocycles.